The summed E-state index contributed by atoms with van der Waals surface area (Å²) in [7, 11) is -3.72. The van der Waals surface area contributed by atoms with E-state index in [1.807, 2.05) is 13.8 Å². The number of carbonyl (C=O) groups is 1. The van der Waals surface area contributed by atoms with Gasteiger partial charge >= 0.3 is 10.1 Å². The average Bonchev–Trinajstić information content (AvgIpc) is 2.67. The molecule has 28 heavy (non-hydrogen) atoms. The predicted octanol–water partition coefficient (Wildman–Crippen LogP) is 5.16. The Bertz CT molecular complexity index is 947. The summed E-state index contributed by atoms with van der Waals surface area (Å²) in [4.78, 5) is 14.8. The number of amides is 1. The van der Waals surface area contributed by atoms with Gasteiger partial charge in [0.05, 0.1) is 22.9 Å². The monoisotopic (exact) mass is 443 g/mol. The lowest BCUT2D eigenvalue weighted by atomic mass is 10.1. The lowest BCUT2D eigenvalue weighted by Gasteiger charge is -2.30. The molecule has 5 nitrogen and oxygen atoms in total. The van der Waals surface area contributed by atoms with E-state index in [-0.39, 0.29) is 30.0 Å². The second kappa shape index (κ2) is 9.63. The third-order valence-corrected chi connectivity index (χ3v) is 6.13. The standard InChI is InChI=1S/C20H23Cl2NO4S/c1-4-14(3)23(20(24)17-8-6-7-9-18(17)22)13-15-12-16(21)10-11-19(15)27-28(25,26)5-2/h6-12,14H,4-5,13H2,1-3H3. The molecular weight excluding hydrogens is 421 g/mol. The van der Waals surface area contributed by atoms with Crippen LogP contribution < -0.4 is 4.18 Å². The number of hydrogen-bond acceptors (Lipinski definition) is 4. The molecule has 2 rings (SSSR count). The SMILES string of the molecule is CCC(C)N(Cc1cc(Cl)ccc1OS(=O)(=O)CC)C(=O)c1ccccc1Cl. The Balaban J connectivity index is 2.44. The summed E-state index contributed by atoms with van der Waals surface area (Å²) < 4.78 is 29.1. The van der Waals surface area contributed by atoms with Crippen LogP contribution in [0.1, 0.15) is 43.1 Å². The molecular formula is C20H23Cl2NO4S. The van der Waals surface area contributed by atoms with Gasteiger partial charge in [-0.3, -0.25) is 4.79 Å². The quantitative estimate of drug-likeness (QED) is 0.528. The molecule has 1 atom stereocenters. The molecule has 0 N–H and O–H groups in total. The largest absolute Gasteiger partial charge is 0.382 e. The van der Waals surface area contributed by atoms with Crippen LogP contribution in [0.25, 0.3) is 0 Å². The molecule has 2 aromatic carbocycles. The fourth-order valence-corrected chi connectivity index (χ4v) is 3.53. The highest BCUT2D eigenvalue weighted by molar-refractivity contribution is 7.87. The minimum Gasteiger partial charge on any atom is -0.382 e. The number of benzene rings is 2. The van der Waals surface area contributed by atoms with Crippen molar-refractivity contribution in [2.45, 2.75) is 39.8 Å². The van der Waals surface area contributed by atoms with Crippen molar-refractivity contribution in [3.05, 3.63) is 63.6 Å². The normalized spacial score (nSPS) is 12.5. The van der Waals surface area contributed by atoms with Crippen molar-refractivity contribution < 1.29 is 17.4 Å². The van der Waals surface area contributed by atoms with Gasteiger partial charge in [0.15, 0.2) is 0 Å². The first-order chi connectivity index (χ1) is 13.2. The van der Waals surface area contributed by atoms with Crippen molar-refractivity contribution in [1.29, 1.82) is 0 Å². The third-order valence-electron chi connectivity index (χ3n) is 4.42. The Morgan fingerprint density at radius 3 is 2.43 bits per heavy atom. The summed E-state index contributed by atoms with van der Waals surface area (Å²) >= 11 is 12.3. The molecule has 0 fully saturated rings. The van der Waals surface area contributed by atoms with Crippen molar-refractivity contribution in [2.75, 3.05) is 5.75 Å². The number of hydrogen-bond donors (Lipinski definition) is 0. The van der Waals surface area contributed by atoms with Gasteiger partial charge in [-0.25, -0.2) is 0 Å². The Kier molecular flexibility index (Phi) is 7.75. The van der Waals surface area contributed by atoms with E-state index in [9.17, 15) is 13.2 Å². The summed E-state index contributed by atoms with van der Waals surface area (Å²) in [5.41, 5.74) is 0.889. The molecule has 8 heteroatoms. The zero-order chi connectivity index (χ0) is 20.9. The molecule has 1 amide bonds. The van der Waals surface area contributed by atoms with E-state index in [4.69, 9.17) is 27.4 Å². The Labute approximate surface area is 176 Å². The zero-order valence-electron chi connectivity index (χ0n) is 16.0. The van der Waals surface area contributed by atoms with E-state index in [1.165, 1.54) is 13.0 Å². The number of nitrogens with zero attached hydrogens (tertiary/aromatic N) is 1. The van der Waals surface area contributed by atoms with Crippen LogP contribution in [0, 0.1) is 0 Å². The van der Waals surface area contributed by atoms with Crippen LogP contribution in [0.15, 0.2) is 42.5 Å². The van der Waals surface area contributed by atoms with Crippen molar-refractivity contribution in [1.82, 2.24) is 4.90 Å². The van der Waals surface area contributed by atoms with E-state index in [0.717, 1.165) is 0 Å². The molecule has 0 aromatic heterocycles. The maximum atomic E-state index is 13.2. The average molecular weight is 444 g/mol. The van der Waals surface area contributed by atoms with Gasteiger partial charge in [0.1, 0.15) is 5.75 Å². The maximum absolute atomic E-state index is 13.2. The first kappa shape index (κ1) is 22.5. The Morgan fingerprint density at radius 2 is 1.82 bits per heavy atom. The first-order valence-corrected chi connectivity index (χ1v) is 11.3. The summed E-state index contributed by atoms with van der Waals surface area (Å²) in [5.74, 6) is -0.251. The van der Waals surface area contributed by atoms with Crippen molar-refractivity contribution in [2.24, 2.45) is 0 Å². The summed E-state index contributed by atoms with van der Waals surface area (Å²) in [5, 5.41) is 0.780. The van der Waals surface area contributed by atoms with Crippen LogP contribution in [0.4, 0.5) is 0 Å². The molecule has 0 saturated carbocycles. The predicted molar refractivity (Wildman–Crippen MR) is 113 cm³/mol. The van der Waals surface area contributed by atoms with Crippen LogP contribution in [-0.2, 0) is 16.7 Å². The van der Waals surface area contributed by atoms with Crippen LogP contribution in [0.2, 0.25) is 10.0 Å². The maximum Gasteiger partial charge on any atom is 0.308 e. The summed E-state index contributed by atoms with van der Waals surface area (Å²) in [6.07, 6.45) is 0.709. The minimum atomic E-state index is -3.72. The van der Waals surface area contributed by atoms with Gasteiger partial charge in [0, 0.05) is 16.6 Å². The Hall–Kier alpha value is -1.76. The van der Waals surface area contributed by atoms with Crippen molar-refractivity contribution in [3.8, 4) is 5.75 Å². The fraction of sp³-hybridized carbons (Fsp3) is 0.350. The molecule has 1 unspecified atom stereocenters. The van der Waals surface area contributed by atoms with Crippen molar-refractivity contribution in [3.63, 3.8) is 0 Å². The molecule has 0 aliphatic rings. The van der Waals surface area contributed by atoms with Crippen LogP contribution >= 0.6 is 23.2 Å². The summed E-state index contributed by atoms with van der Waals surface area (Å²) in [6.45, 7) is 5.52. The Morgan fingerprint density at radius 1 is 1.14 bits per heavy atom. The van der Waals surface area contributed by atoms with E-state index < -0.39 is 10.1 Å². The topological polar surface area (TPSA) is 63.7 Å². The molecule has 0 aliphatic heterocycles. The number of halogens is 2. The molecule has 152 valence electrons. The van der Waals surface area contributed by atoms with E-state index in [0.29, 0.717) is 27.6 Å². The highest BCUT2D eigenvalue weighted by atomic mass is 35.5. The fourth-order valence-electron chi connectivity index (χ4n) is 2.57. The second-order valence-corrected chi connectivity index (χ2v) is 9.05. The highest BCUT2D eigenvalue weighted by Crippen LogP contribution is 2.28. The zero-order valence-corrected chi connectivity index (χ0v) is 18.3. The molecule has 0 heterocycles. The van der Waals surface area contributed by atoms with Crippen LogP contribution in [0.5, 0.6) is 5.75 Å². The van der Waals surface area contributed by atoms with Crippen LogP contribution in [0.3, 0.4) is 0 Å². The van der Waals surface area contributed by atoms with E-state index in [1.54, 1.807) is 41.3 Å². The second-order valence-electron chi connectivity index (χ2n) is 6.35. The van der Waals surface area contributed by atoms with Crippen molar-refractivity contribution >= 4 is 39.2 Å². The summed E-state index contributed by atoms with van der Waals surface area (Å²) in [6, 6.07) is 11.4. The van der Waals surface area contributed by atoms with Gasteiger partial charge in [-0.1, -0.05) is 42.3 Å². The number of rotatable bonds is 8. The molecule has 0 spiro atoms. The first-order valence-electron chi connectivity index (χ1n) is 8.94. The van der Waals surface area contributed by atoms with Gasteiger partial charge in [0.25, 0.3) is 5.91 Å². The third kappa shape index (κ3) is 5.63. The van der Waals surface area contributed by atoms with Gasteiger partial charge < -0.3 is 9.08 Å². The van der Waals surface area contributed by atoms with Gasteiger partial charge in [0.2, 0.25) is 0 Å². The molecule has 0 saturated heterocycles. The van der Waals surface area contributed by atoms with Gasteiger partial charge in [-0.15, -0.1) is 0 Å². The molecule has 0 aliphatic carbocycles. The highest BCUT2D eigenvalue weighted by Gasteiger charge is 2.24. The van der Waals surface area contributed by atoms with E-state index in [2.05, 4.69) is 0 Å². The lowest BCUT2D eigenvalue weighted by molar-refractivity contribution is 0.0671. The van der Waals surface area contributed by atoms with Gasteiger partial charge in [-0.05, 0) is 50.6 Å². The molecule has 0 bridgehead atoms. The van der Waals surface area contributed by atoms with Gasteiger partial charge in [-0.2, -0.15) is 8.42 Å². The lowest BCUT2D eigenvalue weighted by Crippen LogP contribution is -2.38. The number of carbonyl (C=O) groups excluding carboxylic acids is 1. The smallest absolute Gasteiger partial charge is 0.308 e. The van der Waals surface area contributed by atoms with Crippen LogP contribution in [-0.4, -0.2) is 31.0 Å². The minimum absolute atomic E-state index is 0.113. The molecule has 2 aromatic rings. The molecule has 0 radical (unpaired) electrons. The van der Waals surface area contributed by atoms with E-state index >= 15 is 0 Å².